The van der Waals surface area contributed by atoms with Gasteiger partial charge in [-0.3, -0.25) is 4.79 Å². The maximum atomic E-state index is 12.3. The molecule has 2 heterocycles. The number of carbonyl (C=O) groups excluding carboxylic acids is 1. The molecule has 1 amide bonds. The molecule has 2 N–H and O–H groups in total. The Morgan fingerprint density at radius 2 is 2.35 bits per heavy atom. The molecule has 1 unspecified atom stereocenters. The molecule has 20 heavy (non-hydrogen) atoms. The lowest BCUT2D eigenvalue weighted by atomic mass is 10.1. The van der Waals surface area contributed by atoms with E-state index >= 15 is 0 Å². The minimum atomic E-state index is -0.163. The topological polar surface area (TPSA) is 54.3 Å². The number of amides is 1. The van der Waals surface area contributed by atoms with E-state index in [9.17, 15) is 4.79 Å². The fourth-order valence-corrected chi connectivity index (χ4v) is 2.86. The lowest BCUT2D eigenvalue weighted by molar-refractivity contribution is 0.0904. The molecule has 3 rings (SSSR count). The Morgan fingerprint density at radius 3 is 3.05 bits per heavy atom. The molecule has 4 nitrogen and oxygen atoms in total. The SMILES string of the molecule is Cc1c(C(=O)NC2CCCNC2)oc2c(Cl)cccc12. The van der Waals surface area contributed by atoms with Crippen molar-refractivity contribution in [3.8, 4) is 0 Å². The molecule has 1 aromatic carbocycles. The minimum absolute atomic E-state index is 0.163. The van der Waals surface area contributed by atoms with Crippen molar-refractivity contribution >= 4 is 28.5 Å². The number of aryl methyl sites for hydroxylation is 1. The van der Waals surface area contributed by atoms with Gasteiger partial charge in [0.15, 0.2) is 11.3 Å². The summed E-state index contributed by atoms with van der Waals surface area (Å²) < 4.78 is 5.67. The van der Waals surface area contributed by atoms with Crippen LogP contribution in [0.2, 0.25) is 5.02 Å². The monoisotopic (exact) mass is 292 g/mol. The van der Waals surface area contributed by atoms with Gasteiger partial charge in [-0.2, -0.15) is 0 Å². The Morgan fingerprint density at radius 1 is 1.50 bits per heavy atom. The first-order valence-corrected chi connectivity index (χ1v) is 7.24. The van der Waals surface area contributed by atoms with Crippen molar-refractivity contribution in [2.24, 2.45) is 0 Å². The van der Waals surface area contributed by atoms with Gasteiger partial charge in [0, 0.05) is 23.5 Å². The van der Waals surface area contributed by atoms with Crippen LogP contribution in [-0.4, -0.2) is 25.0 Å². The summed E-state index contributed by atoms with van der Waals surface area (Å²) in [5, 5.41) is 7.72. The quantitative estimate of drug-likeness (QED) is 0.895. The van der Waals surface area contributed by atoms with Gasteiger partial charge in [0.05, 0.1) is 5.02 Å². The smallest absolute Gasteiger partial charge is 0.287 e. The first-order chi connectivity index (χ1) is 9.66. The lowest BCUT2D eigenvalue weighted by Gasteiger charge is -2.23. The van der Waals surface area contributed by atoms with E-state index < -0.39 is 0 Å². The van der Waals surface area contributed by atoms with Gasteiger partial charge in [-0.15, -0.1) is 0 Å². The van der Waals surface area contributed by atoms with E-state index in [0.29, 0.717) is 16.4 Å². The van der Waals surface area contributed by atoms with E-state index in [1.807, 2.05) is 19.1 Å². The van der Waals surface area contributed by atoms with Gasteiger partial charge in [-0.1, -0.05) is 23.7 Å². The Hall–Kier alpha value is -1.52. The molecule has 106 valence electrons. The average molecular weight is 293 g/mol. The number of nitrogens with one attached hydrogen (secondary N) is 2. The fraction of sp³-hybridized carbons (Fsp3) is 0.400. The number of halogens is 1. The van der Waals surface area contributed by atoms with Gasteiger partial charge in [0.25, 0.3) is 5.91 Å². The van der Waals surface area contributed by atoms with Gasteiger partial charge in [-0.05, 0) is 32.4 Å². The molecule has 0 saturated carbocycles. The number of benzene rings is 1. The van der Waals surface area contributed by atoms with E-state index in [4.69, 9.17) is 16.0 Å². The van der Waals surface area contributed by atoms with Crippen molar-refractivity contribution in [3.05, 3.63) is 34.5 Å². The highest BCUT2D eigenvalue weighted by Gasteiger charge is 2.22. The summed E-state index contributed by atoms with van der Waals surface area (Å²) in [5.41, 5.74) is 1.42. The van der Waals surface area contributed by atoms with Crippen LogP contribution in [0.1, 0.15) is 29.0 Å². The predicted octanol–water partition coefficient (Wildman–Crippen LogP) is 2.88. The third kappa shape index (κ3) is 2.41. The van der Waals surface area contributed by atoms with E-state index in [1.54, 1.807) is 6.07 Å². The predicted molar refractivity (Wildman–Crippen MR) is 79.3 cm³/mol. The summed E-state index contributed by atoms with van der Waals surface area (Å²) in [6, 6.07) is 5.71. The molecule has 1 atom stereocenters. The van der Waals surface area contributed by atoms with Crippen molar-refractivity contribution in [1.29, 1.82) is 0 Å². The highest BCUT2D eigenvalue weighted by atomic mass is 35.5. The Labute approximate surface area is 122 Å². The molecule has 5 heteroatoms. The van der Waals surface area contributed by atoms with E-state index in [2.05, 4.69) is 10.6 Å². The van der Waals surface area contributed by atoms with Crippen LogP contribution in [0.15, 0.2) is 22.6 Å². The van der Waals surface area contributed by atoms with E-state index in [1.165, 1.54) is 0 Å². The van der Waals surface area contributed by atoms with Gasteiger partial charge in [0.1, 0.15) is 0 Å². The maximum Gasteiger partial charge on any atom is 0.287 e. The summed E-state index contributed by atoms with van der Waals surface area (Å²) in [6.07, 6.45) is 2.08. The van der Waals surface area contributed by atoms with Gasteiger partial charge in [0.2, 0.25) is 0 Å². The first-order valence-electron chi connectivity index (χ1n) is 6.86. The lowest BCUT2D eigenvalue weighted by Crippen LogP contribution is -2.45. The third-order valence-corrected chi connectivity index (χ3v) is 4.05. The number of carbonyl (C=O) groups is 1. The molecule has 0 aliphatic carbocycles. The van der Waals surface area contributed by atoms with Crippen LogP contribution >= 0.6 is 11.6 Å². The molecule has 0 bridgehead atoms. The molecule has 0 radical (unpaired) electrons. The second-order valence-electron chi connectivity index (χ2n) is 5.19. The Bertz CT molecular complexity index is 645. The number of para-hydroxylation sites is 1. The van der Waals surface area contributed by atoms with Gasteiger partial charge >= 0.3 is 0 Å². The minimum Gasteiger partial charge on any atom is -0.449 e. The number of fused-ring (bicyclic) bond motifs is 1. The fourth-order valence-electron chi connectivity index (χ4n) is 2.65. The summed E-state index contributed by atoms with van der Waals surface area (Å²) >= 11 is 6.10. The molecule has 2 aromatic rings. The van der Waals surface area contributed by atoms with Crippen molar-refractivity contribution in [1.82, 2.24) is 10.6 Å². The van der Waals surface area contributed by atoms with Crippen molar-refractivity contribution in [2.75, 3.05) is 13.1 Å². The number of piperidine rings is 1. The zero-order chi connectivity index (χ0) is 14.1. The van der Waals surface area contributed by atoms with Crippen LogP contribution in [0.3, 0.4) is 0 Å². The third-order valence-electron chi connectivity index (χ3n) is 3.75. The summed E-state index contributed by atoms with van der Waals surface area (Å²) in [4.78, 5) is 12.3. The first kappa shape index (κ1) is 13.5. The molecule has 1 aromatic heterocycles. The average Bonchev–Trinajstić information content (AvgIpc) is 2.79. The van der Waals surface area contributed by atoms with Crippen molar-refractivity contribution in [3.63, 3.8) is 0 Å². The zero-order valence-electron chi connectivity index (χ0n) is 11.3. The molecule has 1 saturated heterocycles. The Kier molecular flexibility index (Phi) is 3.68. The largest absolute Gasteiger partial charge is 0.449 e. The normalized spacial score (nSPS) is 19.2. The molecular weight excluding hydrogens is 276 g/mol. The zero-order valence-corrected chi connectivity index (χ0v) is 12.1. The summed E-state index contributed by atoms with van der Waals surface area (Å²) in [5.74, 6) is 0.196. The van der Waals surface area contributed by atoms with Gasteiger partial charge < -0.3 is 15.1 Å². The second-order valence-corrected chi connectivity index (χ2v) is 5.60. The highest BCUT2D eigenvalue weighted by Crippen LogP contribution is 2.30. The number of hydrogen-bond donors (Lipinski definition) is 2. The highest BCUT2D eigenvalue weighted by molar-refractivity contribution is 6.35. The second kappa shape index (κ2) is 5.46. The molecule has 1 aliphatic rings. The van der Waals surface area contributed by atoms with Gasteiger partial charge in [-0.25, -0.2) is 0 Å². The molecule has 1 aliphatic heterocycles. The number of hydrogen-bond acceptors (Lipinski definition) is 3. The van der Waals surface area contributed by atoms with Crippen LogP contribution in [0.4, 0.5) is 0 Å². The Balaban J connectivity index is 1.87. The number of furan rings is 1. The standard InChI is InChI=1S/C15H17ClN2O2/c1-9-11-5-2-6-12(16)14(11)20-13(9)15(19)18-10-4-3-7-17-8-10/h2,5-6,10,17H,3-4,7-8H2,1H3,(H,18,19). The van der Waals surface area contributed by atoms with Crippen LogP contribution in [0.25, 0.3) is 11.0 Å². The van der Waals surface area contributed by atoms with Crippen LogP contribution in [0.5, 0.6) is 0 Å². The summed E-state index contributed by atoms with van der Waals surface area (Å²) in [6.45, 7) is 3.72. The van der Waals surface area contributed by atoms with Crippen molar-refractivity contribution in [2.45, 2.75) is 25.8 Å². The van der Waals surface area contributed by atoms with Crippen LogP contribution < -0.4 is 10.6 Å². The van der Waals surface area contributed by atoms with Crippen LogP contribution in [0, 0.1) is 6.92 Å². The molecule has 0 spiro atoms. The van der Waals surface area contributed by atoms with E-state index in [0.717, 1.165) is 36.9 Å². The molecular formula is C15H17ClN2O2. The molecule has 1 fully saturated rings. The number of rotatable bonds is 2. The van der Waals surface area contributed by atoms with Crippen LogP contribution in [-0.2, 0) is 0 Å². The summed E-state index contributed by atoms with van der Waals surface area (Å²) in [7, 11) is 0. The van der Waals surface area contributed by atoms with Crippen molar-refractivity contribution < 1.29 is 9.21 Å². The van der Waals surface area contributed by atoms with E-state index in [-0.39, 0.29) is 11.9 Å². The maximum absolute atomic E-state index is 12.3.